The molecule has 0 fully saturated rings. The van der Waals surface area contributed by atoms with Crippen LogP contribution in [0.25, 0.3) is 0 Å². The van der Waals surface area contributed by atoms with Gasteiger partial charge in [-0.15, -0.1) is 0 Å². The number of carbonyl (C=O) groups is 1. The summed E-state index contributed by atoms with van der Waals surface area (Å²) >= 11 is 0. The van der Waals surface area contributed by atoms with Crippen LogP contribution < -0.4 is 20.7 Å². The summed E-state index contributed by atoms with van der Waals surface area (Å²) in [5.74, 6) is -0.00463. The Balaban J connectivity index is 1.83. The van der Waals surface area contributed by atoms with Crippen LogP contribution >= 0.6 is 7.92 Å². The van der Waals surface area contributed by atoms with Gasteiger partial charge in [-0.1, -0.05) is 91.0 Å². The van der Waals surface area contributed by atoms with Crippen molar-refractivity contribution in [2.75, 3.05) is 0 Å². The summed E-state index contributed by atoms with van der Waals surface area (Å²) in [6, 6.07) is 35.2. The monoisotopic (exact) mass is 398 g/mol. The molecule has 29 heavy (non-hydrogen) atoms. The number of ether oxygens (including phenoxy) is 1. The van der Waals surface area contributed by atoms with Crippen LogP contribution in [0.4, 0.5) is 0 Å². The molecule has 0 unspecified atom stereocenters. The van der Waals surface area contributed by atoms with E-state index in [0.29, 0.717) is 11.5 Å². The third-order valence-electron chi connectivity index (χ3n) is 4.47. The van der Waals surface area contributed by atoms with E-state index in [4.69, 9.17) is 4.74 Å². The van der Waals surface area contributed by atoms with Crippen LogP contribution in [0.3, 0.4) is 0 Å². The molecule has 4 rings (SSSR count). The number of hydrogen-bond acceptors (Lipinski definition) is 2. The fourth-order valence-corrected chi connectivity index (χ4v) is 5.53. The number of para-hydroxylation sites is 2. The van der Waals surface area contributed by atoms with E-state index < -0.39 is 13.9 Å². The van der Waals surface area contributed by atoms with Gasteiger partial charge in [-0.25, -0.2) is 4.79 Å². The van der Waals surface area contributed by atoms with Crippen molar-refractivity contribution < 1.29 is 14.6 Å². The Kier molecular flexibility index (Phi) is 5.69. The molecule has 0 radical (unpaired) electrons. The molecule has 0 aromatic heterocycles. The molecule has 1 N–H and O–H groups in total. The molecule has 142 valence electrons. The second-order valence-corrected chi connectivity index (χ2v) is 8.56. The van der Waals surface area contributed by atoms with Gasteiger partial charge < -0.3 is 9.84 Å². The van der Waals surface area contributed by atoms with E-state index in [0.717, 1.165) is 5.30 Å². The summed E-state index contributed by atoms with van der Waals surface area (Å²) < 4.78 is 6.16. The van der Waals surface area contributed by atoms with Gasteiger partial charge >= 0.3 is 5.97 Å². The molecule has 0 amide bonds. The lowest BCUT2D eigenvalue weighted by Crippen LogP contribution is -2.21. The largest absolute Gasteiger partial charge is 0.478 e. The number of benzene rings is 4. The van der Waals surface area contributed by atoms with E-state index >= 15 is 0 Å². The summed E-state index contributed by atoms with van der Waals surface area (Å²) in [6.45, 7) is 0. The van der Waals surface area contributed by atoms with E-state index in [9.17, 15) is 9.90 Å². The molecule has 3 nitrogen and oxygen atoms in total. The van der Waals surface area contributed by atoms with Gasteiger partial charge in [-0.05, 0) is 36.7 Å². The number of rotatable bonds is 6. The average molecular weight is 398 g/mol. The Bertz CT molecular complexity index is 1070. The van der Waals surface area contributed by atoms with Crippen LogP contribution in [-0.2, 0) is 0 Å². The zero-order chi connectivity index (χ0) is 20.1. The first-order valence-electron chi connectivity index (χ1n) is 9.23. The van der Waals surface area contributed by atoms with Gasteiger partial charge in [0.25, 0.3) is 0 Å². The molecule has 0 saturated carbocycles. The SMILES string of the molecule is O=C(O)c1ccccc1Oc1ccccc1P(c1ccccc1)c1ccccc1. The van der Waals surface area contributed by atoms with Gasteiger partial charge in [-0.2, -0.15) is 0 Å². The van der Waals surface area contributed by atoms with Crippen molar-refractivity contribution in [3.8, 4) is 11.5 Å². The molecule has 0 heterocycles. The standard InChI is InChI=1S/C25H19O3P/c26-25(27)21-15-7-8-16-22(21)28-23-17-9-10-18-24(23)29(19-11-3-1-4-12-19)20-13-5-2-6-14-20/h1-18H,(H,26,27). The Morgan fingerprint density at radius 2 is 1.10 bits per heavy atom. The Hall–Kier alpha value is -3.42. The van der Waals surface area contributed by atoms with Crippen molar-refractivity contribution in [2.24, 2.45) is 0 Å². The first-order valence-corrected chi connectivity index (χ1v) is 10.6. The van der Waals surface area contributed by atoms with E-state index in [-0.39, 0.29) is 5.56 Å². The maximum absolute atomic E-state index is 11.6. The van der Waals surface area contributed by atoms with Gasteiger partial charge in [0.15, 0.2) is 0 Å². The summed E-state index contributed by atoms with van der Waals surface area (Å²) in [7, 11) is -0.860. The maximum Gasteiger partial charge on any atom is 0.339 e. The topological polar surface area (TPSA) is 46.5 Å². The van der Waals surface area contributed by atoms with Crippen molar-refractivity contribution in [2.45, 2.75) is 0 Å². The maximum atomic E-state index is 11.6. The molecular weight excluding hydrogens is 379 g/mol. The van der Waals surface area contributed by atoms with Gasteiger partial charge in [0.05, 0.1) is 0 Å². The molecule has 4 aromatic carbocycles. The normalized spacial score (nSPS) is 10.7. The van der Waals surface area contributed by atoms with Gasteiger partial charge in [-0.3, -0.25) is 0 Å². The predicted octanol–water partition coefficient (Wildman–Crippen LogP) is 4.94. The third-order valence-corrected chi connectivity index (χ3v) is 6.95. The zero-order valence-electron chi connectivity index (χ0n) is 15.6. The molecular formula is C25H19O3P. The molecule has 0 atom stereocenters. The highest BCUT2D eigenvalue weighted by Gasteiger charge is 2.21. The third kappa shape index (κ3) is 4.21. The van der Waals surface area contributed by atoms with E-state index in [1.54, 1.807) is 24.3 Å². The van der Waals surface area contributed by atoms with Crippen LogP contribution in [0.5, 0.6) is 11.5 Å². The van der Waals surface area contributed by atoms with E-state index in [1.807, 2.05) is 54.6 Å². The molecule has 0 aliphatic rings. The Morgan fingerprint density at radius 1 is 0.621 bits per heavy atom. The minimum atomic E-state index is -1.01. The van der Waals surface area contributed by atoms with E-state index in [1.165, 1.54) is 10.6 Å². The fraction of sp³-hybridized carbons (Fsp3) is 0. The molecule has 4 aromatic rings. The Labute approximate surface area is 171 Å². The average Bonchev–Trinajstić information content (AvgIpc) is 2.77. The Morgan fingerprint density at radius 3 is 1.69 bits per heavy atom. The summed E-state index contributed by atoms with van der Waals surface area (Å²) in [5, 5.41) is 13.0. The van der Waals surface area contributed by atoms with Gasteiger partial charge in [0.2, 0.25) is 0 Å². The number of carboxylic acids is 1. The van der Waals surface area contributed by atoms with Crippen molar-refractivity contribution >= 4 is 29.8 Å². The number of carboxylic acid groups (broad SMARTS) is 1. The van der Waals surface area contributed by atoms with Crippen molar-refractivity contribution in [3.63, 3.8) is 0 Å². The highest BCUT2D eigenvalue weighted by molar-refractivity contribution is 7.80. The van der Waals surface area contributed by atoms with Gasteiger partial charge in [0, 0.05) is 5.30 Å². The highest BCUT2D eigenvalue weighted by atomic mass is 31.1. The first-order chi connectivity index (χ1) is 14.2. The van der Waals surface area contributed by atoms with Gasteiger partial charge in [0.1, 0.15) is 17.1 Å². The summed E-state index contributed by atoms with van der Waals surface area (Å²) in [5.41, 5.74) is 0.144. The van der Waals surface area contributed by atoms with E-state index in [2.05, 4.69) is 30.3 Å². The predicted molar refractivity (Wildman–Crippen MR) is 119 cm³/mol. The second kappa shape index (κ2) is 8.72. The minimum absolute atomic E-state index is 0.144. The lowest BCUT2D eigenvalue weighted by molar-refractivity contribution is 0.0694. The number of aromatic carboxylic acids is 1. The van der Waals surface area contributed by atoms with Crippen LogP contribution in [0.15, 0.2) is 109 Å². The highest BCUT2D eigenvalue weighted by Crippen LogP contribution is 2.38. The van der Waals surface area contributed by atoms with Crippen LogP contribution in [-0.4, -0.2) is 11.1 Å². The lowest BCUT2D eigenvalue weighted by atomic mass is 10.2. The van der Waals surface area contributed by atoms with Crippen molar-refractivity contribution in [1.82, 2.24) is 0 Å². The lowest BCUT2D eigenvalue weighted by Gasteiger charge is -2.22. The number of hydrogen-bond donors (Lipinski definition) is 1. The summed E-state index contributed by atoms with van der Waals surface area (Å²) in [6.07, 6.45) is 0. The molecule has 0 aliphatic carbocycles. The molecule has 4 heteroatoms. The van der Waals surface area contributed by atoms with Crippen LogP contribution in [0.1, 0.15) is 10.4 Å². The minimum Gasteiger partial charge on any atom is -0.478 e. The quantitative estimate of drug-likeness (QED) is 0.468. The molecule has 0 bridgehead atoms. The van der Waals surface area contributed by atoms with Crippen LogP contribution in [0.2, 0.25) is 0 Å². The van der Waals surface area contributed by atoms with Crippen LogP contribution in [0, 0.1) is 0 Å². The molecule has 0 spiro atoms. The fourth-order valence-electron chi connectivity index (χ4n) is 3.16. The molecule has 0 aliphatic heterocycles. The second-order valence-electron chi connectivity index (χ2n) is 6.38. The van der Waals surface area contributed by atoms with Crippen molar-refractivity contribution in [3.05, 3.63) is 115 Å². The van der Waals surface area contributed by atoms with Crippen molar-refractivity contribution in [1.29, 1.82) is 0 Å². The smallest absolute Gasteiger partial charge is 0.339 e. The zero-order valence-corrected chi connectivity index (χ0v) is 16.5. The molecule has 0 saturated heterocycles. The first kappa shape index (κ1) is 18.9. The summed E-state index contributed by atoms with van der Waals surface area (Å²) in [4.78, 5) is 11.6.